The highest BCUT2D eigenvalue weighted by molar-refractivity contribution is 5.92. The molecule has 4 nitrogen and oxygen atoms in total. The smallest absolute Gasteiger partial charge is 0.339 e. The summed E-state index contributed by atoms with van der Waals surface area (Å²) < 4.78 is 6.12. The Hall–Kier alpha value is -4.75. The molecule has 2 atom stereocenters. The van der Waals surface area contributed by atoms with Crippen LogP contribution in [0.3, 0.4) is 0 Å². The molecule has 4 heteroatoms. The number of ether oxygens (including phenoxy) is 1. The second-order valence-corrected chi connectivity index (χ2v) is 11.2. The van der Waals surface area contributed by atoms with Gasteiger partial charge in [0.25, 0.3) is 0 Å². The summed E-state index contributed by atoms with van der Waals surface area (Å²) in [6, 6.07) is 39.3. The van der Waals surface area contributed by atoms with Gasteiger partial charge in [-0.25, -0.2) is 4.79 Å². The summed E-state index contributed by atoms with van der Waals surface area (Å²) in [5, 5.41) is 11.4. The molecule has 0 fully saturated rings. The van der Waals surface area contributed by atoms with Gasteiger partial charge in [-0.05, 0) is 54.2 Å². The van der Waals surface area contributed by atoms with Crippen LogP contribution in [0.2, 0.25) is 0 Å². The maximum atomic E-state index is 13.7. The average Bonchev–Trinajstić information content (AvgIpc) is 3.03. The van der Waals surface area contributed by atoms with Crippen molar-refractivity contribution in [1.29, 1.82) is 0 Å². The number of aryl methyl sites for hydroxylation is 1. The molecule has 0 saturated heterocycles. The van der Waals surface area contributed by atoms with Gasteiger partial charge in [0.2, 0.25) is 0 Å². The van der Waals surface area contributed by atoms with Crippen molar-refractivity contribution >= 4 is 11.7 Å². The normalized spacial score (nSPS) is 17.0. The Balaban J connectivity index is 1.44. The van der Waals surface area contributed by atoms with E-state index in [9.17, 15) is 9.90 Å². The Morgan fingerprint density at radius 1 is 0.837 bits per heavy atom. The van der Waals surface area contributed by atoms with Crippen molar-refractivity contribution in [1.82, 2.24) is 0 Å². The van der Waals surface area contributed by atoms with Crippen molar-refractivity contribution in [3.8, 4) is 11.8 Å². The van der Waals surface area contributed by atoms with Crippen LogP contribution < -0.4 is 4.90 Å². The number of hydrogen-bond acceptors (Lipinski definition) is 4. The number of rotatable bonds is 11. The van der Waals surface area contributed by atoms with Gasteiger partial charge >= 0.3 is 5.97 Å². The lowest BCUT2D eigenvalue weighted by molar-refractivity contribution is -0.153. The summed E-state index contributed by atoms with van der Waals surface area (Å²) in [5.74, 6) is 5.35. The quantitative estimate of drug-likeness (QED) is 0.145. The molecule has 43 heavy (non-hydrogen) atoms. The molecule has 218 valence electrons. The third-order valence-electron chi connectivity index (χ3n) is 8.11. The second-order valence-electron chi connectivity index (χ2n) is 11.2. The first-order valence-electron chi connectivity index (χ1n) is 15.1. The molecule has 0 aliphatic carbocycles. The lowest BCUT2D eigenvalue weighted by atomic mass is 9.81. The van der Waals surface area contributed by atoms with Crippen molar-refractivity contribution in [3.05, 3.63) is 149 Å². The van der Waals surface area contributed by atoms with Crippen LogP contribution in [-0.4, -0.2) is 16.7 Å². The second kappa shape index (κ2) is 13.9. The van der Waals surface area contributed by atoms with Crippen LogP contribution >= 0.6 is 0 Å². The summed E-state index contributed by atoms with van der Waals surface area (Å²) in [5.41, 5.74) is 4.91. The molecule has 1 aliphatic heterocycles. The highest BCUT2D eigenvalue weighted by Crippen LogP contribution is 2.40. The number of aliphatic hydroxyl groups excluding tert-OH is 1. The zero-order chi connectivity index (χ0) is 30.1. The number of carbonyl (C=O) groups is 1. The predicted octanol–water partition coefficient (Wildman–Crippen LogP) is 8.54. The Morgan fingerprint density at radius 2 is 1.42 bits per heavy atom. The van der Waals surface area contributed by atoms with Crippen LogP contribution in [0.4, 0.5) is 5.69 Å². The van der Waals surface area contributed by atoms with Gasteiger partial charge in [-0.2, -0.15) is 0 Å². The topological polar surface area (TPSA) is 49.8 Å². The summed E-state index contributed by atoms with van der Waals surface area (Å²) in [7, 11) is 0. The van der Waals surface area contributed by atoms with Crippen molar-refractivity contribution in [2.75, 3.05) is 4.90 Å². The lowest BCUT2D eigenvalue weighted by Gasteiger charge is -2.35. The standard InChI is InChI=1S/C39H39NO3/c1-3-24-39(25-23-30-15-8-5-9-16-30)27-36(41)37(38(42)43-39)35(4-2)33-21-14-22-34(26-33)40(28-31-17-10-6-11-18-31)29-32-19-12-7-13-20-32/h5-22,26,35,41H,4,23,25,27-29H2,1-2H3/t35-,39+/m0/s1. The number of esters is 1. The van der Waals surface area contributed by atoms with Crippen molar-refractivity contribution in [2.45, 2.75) is 64.1 Å². The summed E-state index contributed by atoms with van der Waals surface area (Å²) in [6.07, 6.45) is 2.04. The Labute approximate surface area is 255 Å². The van der Waals surface area contributed by atoms with Crippen molar-refractivity contribution < 1.29 is 14.6 Å². The van der Waals surface area contributed by atoms with Crippen LogP contribution in [0.1, 0.15) is 61.3 Å². The number of nitrogens with zero attached hydrogens (tertiary/aromatic N) is 1. The molecule has 1 aliphatic rings. The first-order chi connectivity index (χ1) is 21.0. The Kier molecular flexibility index (Phi) is 9.64. The SMILES string of the molecule is CC#C[C@@]1(CCc2ccccc2)CC(O)=C([C@@H](CC)c2cccc(N(Cc3ccccc3)Cc3ccccc3)c2)C(=O)O1. The van der Waals surface area contributed by atoms with E-state index >= 15 is 0 Å². The number of carbonyl (C=O) groups excluding carboxylic acids is 1. The molecule has 1 heterocycles. The van der Waals surface area contributed by atoms with Crippen molar-refractivity contribution in [2.24, 2.45) is 0 Å². The van der Waals surface area contributed by atoms with Crippen LogP contribution in [0.25, 0.3) is 0 Å². The first-order valence-corrected chi connectivity index (χ1v) is 15.1. The van der Waals surface area contributed by atoms with Gasteiger partial charge in [0.05, 0.1) is 12.0 Å². The molecule has 5 rings (SSSR count). The van der Waals surface area contributed by atoms with Gasteiger partial charge in [0.15, 0.2) is 5.60 Å². The van der Waals surface area contributed by atoms with Crippen LogP contribution in [0, 0.1) is 11.8 Å². The molecule has 0 amide bonds. The fraction of sp³-hybridized carbons (Fsp3) is 0.256. The summed E-state index contributed by atoms with van der Waals surface area (Å²) in [4.78, 5) is 16.0. The van der Waals surface area contributed by atoms with Gasteiger partial charge in [0, 0.05) is 31.1 Å². The van der Waals surface area contributed by atoms with Crippen LogP contribution in [-0.2, 0) is 29.0 Å². The molecule has 4 aromatic rings. The fourth-order valence-electron chi connectivity index (χ4n) is 5.98. The van der Waals surface area contributed by atoms with Gasteiger partial charge < -0.3 is 14.7 Å². The van der Waals surface area contributed by atoms with E-state index in [0.717, 1.165) is 29.9 Å². The molecule has 1 N–H and O–H groups in total. The molecule has 0 saturated carbocycles. The molecule has 0 unspecified atom stereocenters. The molecular formula is C39H39NO3. The van der Waals surface area contributed by atoms with E-state index in [1.54, 1.807) is 6.92 Å². The van der Waals surface area contributed by atoms with E-state index < -0.39 is 11.6 Å². The van der Waals surface area contributed by atoms with E-state index in [2.05, 4.69) is 89.5 Å². The van der Waals surface area contributed by atoms with E-state index in [-0.39, 0.29) is 18.1 Å². The average molecular weight is 570 g/mol. The lowest BCUT2D eigenvalue weighted by Crippen LogP contribution is -2.40. The monoisotopic (exact) mass is 569 g/mol. The third-order valence-corrected chi connectivity index (χ3v) is 8.11. The van der Waals surface area contributed by atoms with Crippen molar-refractivity contribution in [3.63, 3.8) is 0 Å². The minimum Gasteiger partial charge on any atom is -0.512 e. The van der Waals surface area contributed by atoms with E-state index in [4.69, 9.17) is 4.74 Å². The minimum atomic E-state index is -1.04. The zero-order valence-electron chi connectivity index (χ0n) is 25.0. The van der Waals surface area contributed by atoms with Crippen LogP contribution in [0.5, 0.6) is 0 Å². The molecule has 0 radical (unpaired) electrons. The molecule has 0 spiro atoms. The highest BCUT2D eigenvalue weighted by atomic mass is 16.6. The number of benzene rings is 4. The van der Waals surface area contributed by atoms with Gasteiger partial charge in [-0.15, -0.1) is 5.92 Å². The molecule has 0 bridgehead atoms. The molecular weight excluding hydrogens is 530 g/mol. The maximum absolute atomic E-state index is 13.7. The number of aliphatic hydroxyl groups is 1. The third kappa shape index (κ3) is 7.37. The minimum absolute atomic E-state index is 0.0785. The maximum Gasteiger partial charge on any atom is 0.339 e. The summed E-state index contributed by atoms with van der Waals surface area (Å²) >= 11 is 0. The van der Waals surface area contributed by atoms with E-state index in [0.29, 0.717) is 24.8 Å². The first kappa shape index (κ1) is 29.7. The van der Waals surface area contributed by atoms with Gasteiger partial charge in [0.1, 0.15) is 5.76 Å². The van der Waals surface area contributed by atoms with Crippen LogP contribution in [0.15, 0.2) is 127 Å². The number of anilines is 1. The highest BCUT2D eigenvalue weighted by Gasteiger charge is 2.42. The van der Waals surface area contributed by atoms with E-state index in [1.165, 1.54) is 11.1 Å². The number of hydrogen-bond donors (Lipinski definition) is 1. The Morgan fingerprint density at radius 3 is 1.95 bits per heavy atom. The molecule has 0 aromatic heterocycles. The van der Waals surface area contributed by atoms with E-state index in [1.807, 2.05) is 49.4 Å². The zero-order valence-corrected chi connectivity index (χ0v) is 25.0. The molecule has 4 aromatic carbocycles. The van der Waals surface area contributed by atoms with Gasteiger partial charge in [-0.1, -0.05) is 116 Å². The van der Waals surface area contributed by atoms with Gasteiger partial charge in [-0.3, -0.25) is 0 Å². The summed E-state index contributed by atoms with van der Waals surface area (Å²) in [6.45, 7) is 5.27. The number of cyclic esters (lactones) is 1. The predicted molar refractivity (Wildman–Crippen MR) is 174 cm³/mol. The fourth-order valence-corrected chi connectivity index (χ4v) is 5.98. The largest absolute Gasteiger partial charge is 0.512 e. The Bertz CT molecular complexity index is 1560.